The number of aryl methyl sites for hydroxylation is 2. The standard InChI is InChI=1S/C22H21N3O4S/c1-24-20-13-12-19(14-21(20)25(2)22(24)26)30(27,28)23-17-8-10-18(11-9-17)29-15-16-6-4-3-5-7-16/h3-14,23H,15H2,1-2H3. The number of fused-ring (bicyclic) bond motifs is 1. The fraction of sp³-hybridized carbons (Fsp3) is 0.136. The van der Waals surface area contributed by atoms with Crippen LogP contribution in [0.15, 0.2) is 82.5 Å². The van der Waals surface area contributed by atoms with Crippen molar-refractivity contribution in [2.24, 2.45) is 14.1 Å². The molecule has 0 saturated heterocycles. The van der Waals surface area contributed by atoms with E-state index in [1.807, 2.05) is 30.3 Å². The molecule has 0 spiro atoms. The number of ether oxygens (including phenoxy) is 1. The van der Waals surface area contributed by atoms with E-state index >= 15 is 0 Å². The lowest BCUT2D eigenvalue weighted by atomic mass is 10.2. The summed E-state index contributed by atoms with van der Waals surface area (Å²) in [5.41, 5.74) is 2.48. The van der Waals surface area contributed by atoms with E-state index in [9.17, 15) is 13.2 Å². The van der Waals surface area contributed by atoms with Crippen LogP contribution in [0.2, 0.25) is 0 Å². The van der Waals surface area contributed by atoms with E-state index in [4.69, 9.17) is 4.74 Å². The van der Waals surface area contributed by atoms with Gasteiger partial charge in [-0.2, -0.15) is 0 Å². The monoisotopic (exact) mass is 423 g/mol. The highest BCUT2D eigenvalue weighted by molar-refractivity contribution is 7.92. The topological polar surface area (TPSA) is 82.3 Å². The number of hydrogen-bond acceptors (Lipinski definition) is 4. The molecule has 0 radical (unpaired) electrons. The second-order valence-electron chi connectivity index (χ2n) is 6.96. The first-order chi connectivity index (χ1) is 14.3. The molecule has 154 valence electrons. The third-order valence-electron chi connectivity index (χ3n) is 4.91. The zero-order valence-corrected chi connectivity index (χ0v) is 17.4. The molecule has 3 aromatic carbocycles. The molecule has 30 heavy (non-hydrogen) atoms. The number of benzene rings is 3. The molecule has 4 rings (SSSR count). The summed E-state index contributed by atoms with van der Waals surface area (Å²) in [5, 5.41) is 0. The number of anilines is 1. The number of rotatable bonds is 6. The lowest BCUT2D eigenvalue weighted by Crippen LogP contribution is -2.19. The van der Waals surface area contributed by atoms with Crippen LogP contribution in [-0.2, 0) is 30.7 Å². The van der Waals surface area contributed by atoms with Crippen molar-refractivity contribution in [3.63, 3.8) is 0 Å². The number of nitrogens with one attached hydrogen (secondary N) is 1. The van der Waals surface area contributed by atoms with Gasteiger partial charge in [0.2, 0.25) is 0 Å². The fourth-order valence-electron chi connectivity index (χ4n) is 3.23. The molecule has 1 heterocycles. The van der Waals surface area contributed by atoms with E-state index in [0.29, 0.717) is 29.1 Å². The van der Waals surface area contributed by atoms with Crippen LogP contribution in [-0.4, -0.2) is 17.6 Å². The summed E-state index contributed by atoms with van der Waals surface area (Å²) in [7, 11) is -0.544. The molecule has 1 aromatic heterocycles. The first-order valence-corrected chi connectivity index (χ1v) is 10.8. The highest BCUT2D eigenvalue weighted by Crippen LogP contribution is 2.22. The van der Waals surface area contributed by atoms with Gasteiger partial charge >= 0.3 is 5.69 Å². The Balaban J connectivity index is 1.51. The third kappa shape index (κ3) is 3.81. The van der Waals surface area contributed by atoms with Crippen molar-refractivity contribution < 1.29 is 13.2 Å². The summed E-state index contributed by atoms with van der Waals surface area (Å²) in [6.45, 7) is 0.432. The van der Waals surface area contributed by atoms with E-state index in [2.05, 4.69) is 4.72 Å². The van der Waals surface area contributed by atoms with Gasteiger partial charge in [0.1, 0.15) is 12.4 Å². The maximum absolute atomic E-state index is 12.8. The average molecular weight is 423 g/mol. The van der Waals surface area contributed by atoms with Crippen LogP contribution >= 0.6 is 0 Å². The van der Waals surface area contributed by atoms with Gasteiger partial charge in [-0.15, -0.1) is 0 Å². The SMILES string of the molecule is Cn1c(=O)n(C)c2cc(S(=O)(=O)Nc3ccc(OCc4ccccc4)cc3)ccc21. The fourth-order valence-corrected chi connectivity index (χ4v) is 4.31. The Hall–Kier alpha value is -3.52. The smallest absolute Gasteiger partial charge is 0.328 e. The lowest BCUT2D eigenvalue weighted by Gasteiger charge is -2.10. The summed E-state index contributed by atoms with van der Waals surface area (Å²) >= 11 is 0. The second kappa shape index (κ2) is 7.72. The molecule has 0 aliphatic carbocycles. The number of imidazole rings is 1. The molecule has 7 nitrogen and oxygen atoms in total. The predicted molar refractivity (Wildman–Crippen MR) is 116 cm³/mol. The van der Waals surface area contributed by atoms with E-state index in [1.165, 1.54) is 21.3 Å². The predicted octanol–water partition coefficient (Wildman–Crippen LogP) is 3.26. The van der Waals surface area contributed by atoms with Crippen LogP contribution in [0.25, 0.3) is 11.0 Å². The minimum Gasteiger partial charge on any atom is -0.489 e. The van der Waals surface area contributed by atoms with Gasteiger partial charge in [-0.25, -0.2) is 13.2 Å². The van der Waals surface area contributed by atoms with Gasteiger partial charge in [0.15, 0.2) is 0 Å². The molecule has 0 aliphatic heterocycles. The van der Waals surface area contributed by atoms with Crippen LogP contribution in [0.4, 0.5) is 5.69 Å². The van der Waals surface area contributed by atoms with E-state index in [-0.39, 0.29) is 10.6 Å². The Morgan fingerprint density at radius 2 is 1.53 bits per heavy atom. The van der Waals surface area contributed by atoms with Gasteiger partial charge in [0.25, 0.3) is 10.0 Å². The largest absolute Gasteiger partial charge is 0.489 e. The van der Waals surface area contributed by atoms with E-state index in [0.717, 1.165) is 5.56 Å². The molecule has 0 unspecified atom stereocenters. The van der Waals surface area contributed by atoms with Crippen LogP contribution in [0.1, 0.15) is 5.56 Å². The van der Waals surface area contributed by atoms with Gasteiger partial charge in [-0.05, 0) is 48.0 Å². The first-order valence-electron chi connectivity index (χ1n) is 9.30. The van der Waals surface area contributed by atoms with Gasteiger partial charge in [-0.1, -0.05) is 30.3 Å². The minimum absolute atomic E-state index is 0.0839. The van der Waals surface area contributed by atoms with Crippen LogP contribution < -0.4 is 15.1 Å². The summed E-state index contributed by atoms with van der Waals surface area (Å²) in [4.78, 5) is 12.1. The number of nitrogens with zero attached hydrogens (tertiary/aromatic N) is 2. The molecule has 8 heteroatoms. The Bertz CT molecular complexity index is 1360. The molecule has 0 aliphatic rings. The Morgan fingerprint density at radius 3 is 2.23 bits per heavy atom. The van der Waals surface area contributed by atoms with Crippen LogP contribution in [0.5, 0.6) is 5.75 Å². The Kier molecular flexibility index (Phi) is 5.09. The zero-order chi connectivity index (χ0) is 21.3. The molecule has 1 N–H and O–H groups in total. The number of aromatic nitrogens is 2. The average Bonchev–Trinajstić information content (AvgIpc) is 2.97. The maximum atomic E-state index is 12.8. The summed E-state index contributed by atoms with van der Waals surface area (Å²) in [6, 6.07) is 21.1. The minimum atomic E-state index is -3.81. The summed E-state index contributed by atoms with van der Waals surface area (Å²) < 4.78 is 36.8. The maximum Gasteiger partial charge on any atom is 0.328 e. The van der Waals surface area contributed by atoms with Crippen molar-refractivity contribution in [1.82, 2.24) is 9.13 Å². The van der Waals surface area contributed by atoms with Gasteiger partial charge < -0.3 is 4.74 Å². The lowest BCUT2D eigenvalue weighted by molar-refractivity contribution is 0.306. The zero-order valence-electron chi connectivity index (χ0n) is 16.6. The van der Waals surface area contributed by atoms with Crippen LogP contribution in [0.3, 0.4) is 0 Å². The van der Waals surface area contributed by atoms with Crippen molar-refractivity contribution in [1.29, 1.82) is 0 Å². The van der Waals surface area contributed by atoms with E-state index < -0.39 is 10.0 Å². The van der Waals surface area contributed by atoms with Gasteiger partial charge in [-0.3, -0.25) is 13.9 Å². The summed E-state index contributed by atoms with van der Waals surface area (Å²) in [5.74, 6) is 0.641. The molecule has 0 saturated carbocycles. The first kappa shape index (κ1) is 19.8. The van der Waals surface area contributed by atoms with E-state index in [1.54, 1.807) is 44.4 Å². The quantitative estimate of drug-likeness (QED) is 0.516. The van der Waals surface area contributed by atoms with Gasteiger partial charge in [0, 0.05) is 19.8 Å². The van der Waals surface area contributed by atoms with Crippen LogP contribution in [0, 0.1) is 0 Å². The molecular formula is C22H21N3O4S. The highest BCUT2D eigenvalue weighted by Gasteiger charge is 2.17. The summed E-state index contributed by atoms with van der Waals surface area (Å²) in [6.07, 6.45) is 0. The van der Waals surface area contributed by atoms with Crippen molar-refractivity contribution in [3.05, 3.63) is 88.8 Å². The van der Waals surface area contributed by atoms with Gasteiger partial charge in [0.05, 0.1) is 15.9 Å². The molecule has 0 fully saturated rings. The van der Waals surface area contributed by atoms with Crippen molar-refractivity contribution in [2.45, 2.75) is 11.5 Å². The Morgan fingerprint density at radius 1 is 0.867 bits per heavy atom. The third-order valence-corrected chi connectivity index (χ3v) is 6.29. The highest BCUT2D eigenvalue weighted by atomic mass is 32.2. The van der Waals surface area contributed by atoms with Crippen molar-refractivity contribution >= 4 is 26.7 Å². The number of sulfonamides is 1. The van der Waals surface area contributed by atoms with Crippen molar-refractivity contribution in [2.75, 3.05) is 4.72 Å². The Labute approximate surface area is 174 Å². The molecule has 0 amide bonds. The molecule has 0 bridgehead atoms. The second-order valence-corrected chi connectivity index (χ2v) is 8.64. The molecular weight excluding hydrogens is 402 g/mol. The molecule has 4 aromatic rings. The normalized spacial score (nSPS) is 11.5. The molecule has 0 atom stereocenters. The number of hydrogen-bond donors (Lipinski definition) is 1. The van der Waals surface area contributed by atoms with Crippen molar-refractivity contribution in [3.8, 4) is 5.75 Å².